The third-order valence-electron chi connectivity index (χ3n) is 3.96. The fraction of sp³-hybridized carbons (Fsp3) is 0.529. The van der Waals surface area contributed by atoms with Crippen molar-refractivity contribution in [2.75, 3.05) is 46.4 Å². The van der Waals surface area contributed by atoms with Crippen molar-refractivity contribution >= 4 is 11.9 Å². The Morgan fingerprint density at radius 1 is 1.33 bits per heavy atom. The summed E-state index contributed by atoms with van der Waals surface area (Å²) >= 11 is 0. The van der Waals surface area contributed by atoms with E-state index in [1.807, 2.05) is 0 Å². The number of amides is 1. The normalized spacial score (nSPS) is 17.8. The molecule has 1 N–H and O–H groups in total. The van der Waals surface area contributed by atoms with Crippen LogP contribution in [0.1, 0.15) is 5.56 Å². The number of benzene rings is 1. The van der Waals surface area contributed by atoms with Gasteiger partial charge in [-0.25, -0.2) is 0 Å². The van der Waals surface area contributed by atoms with Crippen molar-refractivity contribution < 1.29 is 37.3 Å². The number of hydrogen-bond acceptors (Lipinski definition) is 5. The van der Waals surface area contributed by atoms with Crippen LogP contribution in [-0.4, -0.2) is 79.3 Å². The lowest BCUT2D eigenvalue weighted by Gasteiger charge is -2.34. The van der Waals surface area contributed by atoms with Crippen LogP contribution >= 0.6 is 0 Å². The second-order valence-corrected chi connectivity index (χ2v) is 6.23. The molecule has 0 aromatic heterocycles. The summed E-state index contributed by atoms with van der Waals surface area (Å²) in [5.74, 6) is -1.10. The van der Waals surface area contributed by atoms with Gasteiger partial charge in [0.1, 0.15) is 5.75 Å². The van der Waals surface area contributed by atoms with Gasteiger partial charge in [-0.2, -0.15) is 13.2 Å². The molecule has 1 fully saturated rings. The maximum absolute atomic E-state index is 12.5. The predicted octanol–water partition coefficient (Wildman–Crippen LogP) is 1.33. The Morgan fingerprint density at radius 3 is 2.59 bits per heavy atom. The van der Waals surface area contributed by atoms with Gasteiger partial charge in [0.05, 0.1) is 24.8 Å². The molecule has 0 spiro atoms. The summed E-state index contributed by atoms with van der Waals surface area (Å²) < 4.78 is 48.4. The highest BCUT2D eigenvalue weighted by molar-refractivity contribution is 5.78. The lowest BCUT2D eigenvalue weighted by molar-refractivity contribution is -0.143. The highest BCUT2D eigenvalue weighted by Crippen LogP contribution is 2.30. The minimum absolute atomic E-state index is 0.134. The molecule has 1 amide bonds. The Kier molecular flexibility index (Phi) is 7.03. The van der Waals surface area contributed by atoms with E-state index in [9.17, 15) is 22.8 Å². The molecule has 0 radical (unpaired) electrons. The molecular weight excluding hydrogens is 369 g/mol. The number of carbonyl (C=O) groups is 2. The quantitative estimate of drug-likeness (QED) is 0.757. The molecule has 0 aliphatic carbocycles. The highest BCUT2D eigenvalue weighted by atomic mass is 19.4. The van der Waals surface area contributed by atoms with Gasteiger partial charge in [-0.05, 0) is 31.3 Å². The van der Waals surface area contributed by atoms with Crippen molar-refractivity contribution in [3.8, 4) is 5.75 Å². The van der Waals surface area contributed by atoms with Crippen LogP contribution in [0, 0.1) is 0 Å². The second-order valence-electron chi connectivity index (χ2n) is 6.23. The summed E-state index contributed by atoms with van der Waals surface area (Å²) in [5.41, 5.74) is -0.789. The van der Waals surface area contributed by atoms with E-state index in [-0.39, 0.29) is 30.9 Å². The predicted molar refractivity (Wildman–Crippen MR) is 88.4 cm³/mol. The standard InChI is InChI=1S/C17H21F3N2O5/c1-21(10-16(24)25)8-14-9-22(6-7-26-14)15(23)11-27-13-4-2-12(3-5-13)17(18,19)20/h2-5,14H,6-11H2,1H3,(H,24,25)/t14-/m1/s1. The molecule has 1 aliphatic heterocycles. The van der Waals surface area contributed by atoms with E-state index in [0.717, 1.165) is 12.1 Å². The number of likely N-dealkylation sites (N-methyl/N-ethyl adjacent to an activating group) is 1. The number of ether oxygens (including phenoxy) is 2. The maximum atomic E-state index is 12.5. The van der Waals surface area contributed by atoms with Crippen LogP contribution in [0.15, 0.2) is 24.3 Å². The number of halogens is 3. The number of alkyl halides is 3. The average Bonchev–Trinajstić information content (AvgIpc) is 2.58. The van der Waals surface area contributed by atoms with Gasteiger partial charge >= 0.3 is 12.1 Å². The van der Waals surface area contributed by atoms with Crippen LogP contribution in [0.4, 0.5) is 13.2 Å². The van der Waals surface area contributed by atoms with Crippen molar-refractivity contribution in [3.05, 3.63) is 29.8 Å². The zero-order valence-electron chi connectivity index (χ0n) is 14.7. The molecule has 27 heavy (non-hydrogen) atoms. The van der Waals surface area contributed by atoms with Crippen molar-refractivity contribution in [1.82, 2.24) is 9.80 Å². The molecule has 10 heteroatoms. The number of hydrogen-bond donors (Lipinski definition) is 1. The van der Waals surface area contributed by atoms with E-state index >= 15 is 0 Å². The van der Waals surface area contributed by atoms with Crippen LogP contribution in [-0.2, 0) is 20.5 Å². The first-order chi connectivity index (χ1) is 12.6. The van der Waals surface area contributed by atoms with Crippen LogP contribution in [0.5, 0.6) is 5.75 Å². The number of morpholine rings is 1. The van der Waals surface area contributed by atoms with Crippen molar-refractivity contribution in [1.29, 1.82) is 0 Å². The SMILES string of the molecule is CN(CC(=O)O)C[C@@H]1CN(C(=O)COc2ccc(C(F)(F)F)cc2)CCO1. The summed E-state index contributed by atoms with van der Waals surface area (Å²) in [4.78, 5) is 26.1. The maximum Gasteiger partial charge on any atom is 0.416 e. The van der Waals surface area contributed by atoms with Crippen LogP contribution in [0.3, 0.4) is 0 Å². The smallest absolute Gasteiger partial charge is 0.416 e. The molecular formula is C17H21F3N2O5. The molecule has 1 heterocycles. The first kappa shape index (κ1) is 21.0. The van der Waals surface area contributed by atoms with Gasteiger partial charge in [0.15, 0.2) is 6.61 Å². The summed E-state index contributed by atoms with van der Waals surface area (Å²) in [6.45, 7) is 0.898. The molecule has 0 bridgehead atoms. The Labute approximate surface area is 154 Å². The number of rotatable bonds is 7. The molecule has 1 aliphatic rings. The first-order valence-electron chi connectivity index (χ1n) is 8.25. The van der Waals surface area contributed by atoms with Gasteiger partial charge in [0.25, 0.3) is 5.91 Å². The molecule has 7 nitrogen and oxygen atoms in total. The van der Waals surface area contributed by atoms with Crippen molar-refractivity contribution in [2.45, 2.75) is 12.3 Å². The number of aliphatic carboxylic acids is 1. The van der Waals surface area contributed by atoms with E-state index in [0.29, 0.717) is 26.2 Å². The molecule has 1 saturated heterocycles. The monoisotopic (exact) mass is 390 g/mol. The average molecular weight is 390 g/mol. The third-order valence-corrected chi connectivity index (χ3v) is 3.96. The lowest BCUT2D eigenvalue weighted by atomic mass is 10.2. The summed E-state index contributed by atoms with van der Waals surface area (Å²) in [6.07, 6.45) is -4.75. The van der Waals surface area contributed by atoms with E-state index in [1.165, 1.54) is 17.0 Å². The molecule has 1 atom stereocenters. The lowest BCUT2D eigenvalue weighted by Crippen LogP contribution is -2.50. The van der Waals surface area contributed by atoms with Crippen LogP contribution < -0.4 is 4.74 Å². The van der Waals surface area contributed by atoms with Crippen LogP contribution in [0.2, 0.25) is 0 Å². The minimum atomic E-state index is -4.43. The molecule has 2 rings (SSSR count). The van der Waals surface area contributed by atoms with Gasteiger partial charge in [0.2, 0.25) is 0 Å². The Hall–Kier alpha value is -2.33. The Balaban J connectivity index is 1.82. The van der Waals surface area contributed by atoms with E-state index in [2.05, 4.69) is 0 Å². The summed E-state index contributed by atoms with van der Waals surface area (Å²) in [7, 11) is 1.64. The molecule has 1 aromatic rings. The topological polar surface area (TPSA) is 79.3 Å². The Bertz CT molecular complexity index is 651. The van der Waals surface area contributed by atoms with E-state index < -0.39 is 17.7 Å². The fourth-order valence-corrected chi connectivity index (χ4v) is 2.68. The number of nitrogens with zero attached hydrogens (tertiary/aromatic N) is 2. The molecule has 0 saturated carbocycles. The van der Waals surface area contributed by atoms with E-state index in [1.54, 1.807) is 11.9 Å². The number of carbonyl (C=O) groups excluding carboxylic acids is 1. The van der Waals surface area contributed by atoms with Crippen molar-refractivity contribution in [2.24, 2.45) is 0 Å². The summed E-state index contributed by atoms with van der Waals surface area (Å²) in [5, 5.41) is 8.77. The summed E-state index contributed by atoms with van der Waals surface area (Å²) in [6, 6.07) is 4.11. The van der Waals surface area contributed by atoms with Crippen LogP contribution in [0.25, 0.3) is 0 Å². The van der Waals surface area contributed by atoms with Gasteiger partial charge in [-0.1, -0.05) is 0 Å². The largest absolute Gasteiger partial charge is 0.484 e. The van der Waals surface area contributed by atoms with Gasteiger partial charge < -0.3 is 19.5 Å². The van der Waals surface area contributed by atoms with Crippen molar-refractivity contribution in [3.63, 3.8) is 0 Å². The fourth-order valence-electron chi connectivity index (χ4n) is 2.68. The number of carboxylic acids is 1. The molecule has 150 valence electrons. The van der Waals surface area contributed by atoms with Gasteiger partial charge in [-0.3, -0.25) is 14.5 Å². The zero-order chi connectivity index (χ0) is 20.0. The van der Waals surface area contributed by atoms with E-state index in [4.69, 9.17) is 14.6 Å². The first-order valence-corrected chi connectivity index (χ1v) is 8.25. The third kappa shape index (κ3) is 6.72. The van der Waals surface area contributed by atoms with Gasteiger partial charge in [0, 0.05) is 19.6 Å². The minimum Gasteiger partial charge on any atom is -0.484 e. The zero-order valence-corrected chi connectivity index (χ0v) is 14.7. The van der Waals surface area contributed by atoms with Gasteiger partial charge in [-0.15, -0.1) is 0 Å². The highest BCUT2D eigenvalue weighted by Gasteiger charge is 2.30. The Morgan fingerprint density at radius 2 is 2.00 bits per heavy atom. The molecule has 0 unspecified atom stereocenters. The second kappa shape index (κ2) is 9.05. The molecule has 1 aromatic carbocycles. The number of carboxylic acid groups (broad SMARTS) is 1.